The molecule has 0 heterocycles. The Bertz CT molecular complexity index is 658. The maximum absolute atomic E-state index is 12.3. The van der Waals surface area contributed by atoms with E-state index in [9.17, 15) is 4.79 Å². The average Bonchev–Trinajstić information content (AvgIpc) is 2.41. The van der Waals surface area contributed by atoms with Crippen LogP contribution in [0, 0.1) is 6.92 Å². The van der Waals surface area contributed by atoms with Crippen LogP contribution in [0.25, 0.3) is 0 Å². The molecule has 1 N–H and O–H groups in total. The van der Waals surface area contributed by atoms with E-state index in [4.69, 9.17) is 16.3 Å². The highest BCUT2D eigenvalue weighted by Crippen LogP contribution is 2.27. The van der Waals surface area contributed by atoms with Gasteiger partial charge in [-0.25, -0.2) is 0 Å². The van der Waals surface area contributed by atoms with Crippen LogP contribution in [0.1, 0.15) is 15.9 Å². The van der Waals surface area contributed by atoms with E-state index in [2.05, 4.69) is 21.2 Å². The minimum Gasteiger partial charge on any atom is -0.496 e. The number of nitrogens with one attached hydrogen (secondary N) is 1. The van der Waals surface area contributed by atoms with Gasteiger partial charge in [-0.15, -0.1) is 0 Å². The van der Waals surface area contributed by atoms with Crippen molar-refractivity contribution in [3.8, 4) is 5.75 Å². The number of benzene rings is 2. The third-order valence-corrected chi connectivity index (χ3v) is 3.59. The molecule has 1 amide bonds. The third-order valence-electron chi connectivity index (χ3n) is 2.78. The van der Waals surface area contributed by atoms with Gasteiger partial charge < -0.3 is 10.1 Å². The molecular weight excluding hydrogens is 342 g/mol. The van der Waals surface area contributed by atoms with Crippen LogP contribution >= 0.6 is 27.5 Å². The van der Waals surface area contributed by atoms with Crippen LogP contribution in [-0.4, -0.2) is 13.0 Å². The predicted molar refractivity (Wildman–Crippen MR) is 84.8 cm³/mol. The second-order valence-corrected chi connectivity index (χ2v) is 5.60. The van der Waals surface area contributed by atoms with Crippen molar-refractivity contribution in [2.45, 2.75) is 6.92 Å². The van der Waals surface area contributed by atoms with E-state index in [1.54, 1.807) is 30.3 Å². The molecule has 2 aromatic rings. The van der Waals surface area contributed by atoms with Gasteiger partial charge in [0, 0.05) is 4.47 Å². The van der Waals surface area contributed by atoms with Crippen LogP contribution in [-0.2, 0) is 0 Å². The van der Waals surface area contributed by atoms with Gasteiger partial charge in [-0.05, 0) is 42.8 Å². The fraction of sp³-hybridized carbons (Fsp3) is 0.133. The first-order valence-electron chi connectivity index (χ1n) is 5.92. The summed E-state index contributed by atoms with van der Waals surface area (Å²) in [6.45, 7) is 1.94. The van der Waals surface area contributed by atoms with Gasteiger partial charge in [-0.3, -0.25) is 4.79 Å². The maximum atomic E-state index is 12.3. The molecule has 0 bridgehead atoms. The molecule has 0 unspecified atom stereocenters. The number of carbonyl (C=O) groups excluding carboxylic acids is 1. The molecule has 2 rings (SSSR count). The highest BCUT2D eigenvalue weighted by molar-refractivity contribution is 9.10. The van der Waals surface area contributed by atoms with Gasteiger partial charge in [0.05, 0.1) is 23.4 Å². The SMILES string of the molecule is COc1cc(Br)ccc1C(=O)Nc1ccc(C)cc1Cl. The highest BCUT2D eigenvalue weighted by atomic mass is 79.9. The lowest BCUT2D eigenvalue weighted by molar-refractivity contribution is 0.102. The Kier molecular flexibility index (Phi) is 4.68. The van der Waals surface area contributed by atoms with Crippen molar-refractivity contribution in [2.24, 2.45) is 0 Å². The molecule has 0 aromatic heterocycles. The zero-order valence-electron chi connectivity index (χ0n) is 11.0. The average molecular weight is 355 g/mol. The topological polar surface area (TPSA) is 38.3 Å². The Morgan fingerprint density at radius 3 is 2.65 bits per heavy atom. The number of anilines is 1. The van der Waals surface area contributed by atoms with Crippen molar-refractivity contribution in [3.63, 3.8) is 0 Å². The fourth-order valence-corrected chi connectivity index (χ4v) is 2.39. The van der Waals surface area contributed by atoms with Crippen molar-refractivity contribution >= 4 is 39.1 Å². The molecule has 20 heavy (non-hydrogen) atoms. The molecular formula is C15H13BrClNO2. The summed E-state index contributed by atoms with van der Waals surface area (Å²) in [5, 5.41) is 3.29. The monoisotopic (exact) mass is 353 g/mol. The number of rotatable bonds is 3. The zero-order chi connectivity index (χ0) is 14.7. The van der Waals surface area contributed by atoms with Gasteiger partial charge in [-0.1, -0.05) is 33.6 Å². The number of methoxy groups -OCH3 is 1. The Morgan fingerprint density at radius 2 is 2.00 bits per heavy atom. The normalized spacial score (nSPS) is 10.2. The van der Waals surface area contributed by atoms with Gasteiger partial charge in [0.15, 0.2) is 0 Å². The van der Waals surface area contributed by atoms with Gasteiger partial charge in [0.1, 0.15) is 5.75 Å². The number of aryl methyl sites for hydroxylation is 1. The molecule has 5 heteroatoms. The molecule has 0 atom stereocenters. The van der Waals surface area contributed by atoms with Crippen molar-refractivity contribution in [2.75, 3.05) is 12.4 Å². The number of ether oxygens (including phenoxy) is 1. The summed E-state index contributed by atoms with van der Waals surface area (Å²) in [5.74, 6) is 0.236. The summed E-state index contributed by atoms with van der Waals surface area (Å²) in [6.07, 6.45) is 0. The Balaban J connectivity index is 2.28. The van der Waals surface area contributed by atoms with Gasteiger partial charge in [0.2, 0.25) is 0 Å². The van der Waals surface area contributed by atoms with Gasteiger partial charge >= 0.3 is 0 Å². The number of hydrogen-bond acceptors (Lipinski definition) is 2. The summed E-state index contributed by atoms with van der Waals surface area (Å²) in [7, 11) is 1.53. The second kappa shape index (κ2) is 6.29. The first-order chi connectivity index (χ1) is 9.51. The van der Waals surface area contributed by atoms with E-state index in [-0.39, 0.29) is 5.91 Å². The van der Waals surface area contributed by atoms with E-state index in [0.717, 1.165) is 10.0 Å². The van der Waals surface area contributed by atoms with Crippen LogP contribution < -0.4 is 10.1 Å². The first kappa shape index (κ1) is 14.9. The third kappa shape index (κ3) is 3.32. The molecule has 0 radical (unpaired) electrons. The molecule has 0 aliphatic carbocycles. The van der Waals surface area contributed by atoms with Crippen LogP contribution in [0.3, 0.4) is 0 Å². The number of amides is 1. The lowest BCUT2D eigenvalue weighted by Crippen LogP contribution is -2.13. The fourth-order valence-electron chi connectivity index (χ4n) is 1.76. The van der Waals surface area contributed by atoms with E-state index in [1.807, 2.05) is 13.0 Å². The first-order valence-corrected chi connectivity index (χ1v) is 7.09. The van der Waals surface area contributed by atoms with Gasteiger partial charge in [0.25, 0.3) is 5.91 Å². The molecule has 3 nitrogen and oxygen atoms in total. The number of halogens is 2. The minimum absolute atomic E-state index is 0.264. The Labute approximate surface area is 131 Å². The summed E-state index contributed by atoms with van der Waals surface area (Å²) in [4.78, 5) is 12.3. The summed E-state index contributed by atoms with van der Waals surface area (Å²) in [5.41, 5.74) is 2.06. The van der Waals surface area contributed by atoms with Crippen molar-refractivity contribution < 1.29 is 9.53 Å². The molecule has 104 valence electrons. The largest absolute Gasteiger partial charge is 0.496 e. The smallest absolute Gasteiger partial charge is 0.259 e. The van der Waals surface area contributed by atoms with E-state index < -0.39 is 0 Å². The van der Waals surface area contributed by atoms with Gasteiger partial charge in [-0.2, -0.15) is 0 Å². The van der Waals surface area contributed by atoms with Crippen LogP contribution in [0.4, 0.5) is 5.69 Å². The van der Waals surface area contributed by atoms with Crippen molar-refractivity contribution in [1.82, 2.24) is 0 Å². The zero-order valence-corrected chi connectivity index (χ0v) is 13.4. The number of carbonyl (C=O) groups is 1. The summed E-state index contributed by atoms with van der Waals surface area (Å²) < 4.78 is 6.06. The van der Waals surface area contributed by atoms with Crippen LogP contribution in [0.2, 0.25) is 5.02 Å². The molecule has 0 saturated carbocycles. The summed E-state index contributed by atoms with van der Waals surface area (Å²) in [6, 6.07) is 10.7. The number of hydrogen-bond donors (Lipinski definition) is 1. The minimum atomic E-state index is -0.264. The molecule has 0 aliphatic rings. The van der Waals surface area contributed by atoms with E-state index in [1.165, 1.54) is 7.11 Å². The second-order valence-electron chi connectivity index (χ2n) is 4.28. The maximum Gasteiger partial charge on any atom is 0.259 e. The molecule has 0 fully saturated rings. The standard InChI is InChI=1S/C15H13BrClNO2/c1-9-3-6-13(12(17)7-9)18-15(19)11-5-4-10(16)8-14(11)20-2/h3-8H,1-2H3,(H,18,19). The van der Waals surface area contributed by atoms with Crippen molar-refractivity contribution in [3.05, 3.63) is 57.0 Å². The summed E-state index contributed by atoms with van der Waals surface area (Å²) >= 11 is 9.45. The van der Waals surface area contributed by atoms with Crippen molar-refractivity contribution in [1.29, 1.82) is 0 Å². The molecule has 2 aromatic carbocycles. The highest BCUT2D eigenvalue weighted by Gasteiger charge is 2.14. The molecule has 0 saturated heterocycles. The predicted octanol–water partition coefficient (Wildman–Crippen LogP) is 4.67. The lowest BCUT2D eigenvalue weighted by atomic mass is 10.1. The Hall–Kier alpha value is -1.52. The molecule has 0 spiro atoms. The van der Waals surface area contributed by atoms with E-state index in [0.29, 0.717) is 22.0 Å². The van der Waals surface area contributed by atoms with Crippen LogP contribution in [0.5, 0.6) is 5.75 Å². The Morgan fingerprint density at radius 1 is 1.25 bits per heavy atom. The van der Waals surface area contributed by atoms with Crippen LogP contribution in [0.15, 0.2) is 40.9 Å². The van der Waals surface area contributed by atoms with E-state index >= 15 is 0 Å². The molecule has 0 aliphatic heterocycles. The quantitative estimate of drug-likeness (QED) is 0.869. The lowest BCUT2D eigenvalue weighted by Gasteiger charge is -2.11.